The largest absolute Gasteiger partial charge is 0.455 e. The molecule has 2 N–H and O–H groups in total. The molecule has 2 rings (SSSR count). The van der Waals surface area contributed by atoms with E-state index in [1.807, 2.05) is 30.3 Å². The third kappa shape index (κ3) is 2.82. The molecular formula is C12H14O5. The van der Waals surface area contributed by atoms with Crippen LogP contribution < -0.4 is 0 Å². The Hall–Kier alpha value is -1.43. The molecule has 1 aromatic rings. The SMILES string of the molecule is O=C1OC(COCc2ccccc2)C(O)C1O. The van der Waals surface area contributed by atoms with Crippen LogP contribution in [0.4, 0.5) is 0 Å². The van der Waals surface area contributed by atoms with Crippen LogP contribution in [0.15, 0.2) is 30.3 Å². The van der Waals surface area contributed by atoms with Crippen LogP contribution in [0, 0.1) is 0 Å². The summed E-state index contributed by atoms with van der Waals surface area (Å²) in [4.78, 5) is 10.9. The smallest absolute Gasteiger partial charge is 0.338 e. The molecule has 92 valence electrons. The van der Waals surface area contributed by atoms with Crippen molar-refractivity contribution in [1.82, 2.24) is 0 Å². The molecule has 5 nitrogen and oxygen atoms in total. The minimum absolute atomic E-state index is 0.0683. The monoisotopic (exact) mass is 238 g/mol. The zero-order valence-electron chi connectivity index (χ0n) is 9.15. The van der Waals surface area contributed by atoms with Crippen molar-refractivity contribution in [3.05, 3.63) is 35.9 Å². The van der Waals surface area contributed by atoms with Crippen molar-refractivity contribution in [3.8, 4) is 0 Å². The number of aliphatic hydroxyl groups is 2. The fourth-order valence-electron chi connectivity index (χ4n) is 1.63. The van der Waals surface area contributed by atoms with Crippen molar-refractivity contribution in [2.45, 2.75) is 24.9 Å². The van der Waals surface area contributed by atoms with Crippen molar-refractivity contribution in [3.63, 3.8) is 0 Å². The lowest BCUT2D eigenvalue weighted by Crippen LogP contribution is -2.33. The van der Waals surface area contributed by atoms with E-state index in [0.29, 0.717) is 6.61 Å². The van der Waals surface area contributed by atoms with Crippen molar-refractivity contribution >= 4 is 5.97 Å². The van der Waals surface area contributed by atoms with Crippen LogP contribution in [0.1, 0.15) is 5.56 Å². The second-order valence-electron chi connectivity index (χ2n) is 3.91. The lowest BCUT2D eigenvalue weighted by molar-refractivity contribution is -0.149. The fourth-order valence-corrected chi connectivity index (χ4v) is 1.63. The van der Waals surface area contributed by atoms with Gasteiger partial charge in [0, 0.05) is 0 Å². The van der Waals surface area contributed by atoms with E-state index in [1.54, 1.807) is 0 Å². The summed E-state index contributed by atoms with van der Waals surface area (Å²) in [6.45, 7) is 0.441. The van der Waals surface area contributed by atoms with Gasteiger partial charge in [0.25, 0.3) is 0 Å². The number of cyclic esters (lactones) is 1. The molecule has 17 heavy (non-hydrogen) atoms. The van der Waals surface area contributed by atoms with E-state index in [2.05, 4.69) is 0 Å². The van der Waals surface area contributed by atoms with Gasteiger partial charge in [-0.3, -0.25) is 0 Å². The van der Waals surface area contributed by atoms with Gasteiger partial charge in [0.1, 0.15) is 6.10 Å². The van der Waals surface area contributed by atoms with Crippen molar-refractivity contribution in [2.24, 2.45) is 0 Å². The van der Waals surface area contributed by atoms with E-state index in [0.717, 1.165) is 5.56 Å². The first-order valence-electron chi connectivity index (χ1n) is 5.37. The molecule has 0 aliphatic carbocycles. The average molecular weight is 238 g/mol. The molecule has 0 aromatic heterocycles. The van der Waals surface area contributed by atoms with Crippen LogP contribution in [0.5, 0.6) is 0 Å². The van der Waals surface area contributed by atoms with Gasteiger partial charge >= 0.3 is 5.97 Å². The standard InChI is InChI=1S/C12H14O5/c13-10-9(17-12(15)11(10)14)7-16-6-8-4-2-1-3-5-8/h1-5,9-11,13-14H,6-7H2. The molecule has 0 amide bonds. The molecule has 3 atom stereocenters. The number of aliphatic hydroxyl groups excluding tert-OH is 2. The van der Waals surface area contributed by atoms with Gasteiger partial charge in [0.05, 0.1) is 13.2 Å². The topological polar surface area (TPSA) is 76.0 Å². The van der Waals surface area contributed by atoms with Crippen LogP contribution in [0.25, 0.3) is 0 Å². The molecule has 1 saturated heterocycles. The van der Waals surface area contributed by atoms with Crippen molar-refractivity contribution < 1.29 is 24.5 Å². The van der Waals surface area contributed by atoms with Crippen LogP contribution >= 0.6 is 0 Å². The van der Waals surface area contributed by atoms with Crippen LogP contribution in [0.3, 0.4) is 0 Å². The van der Waals surface area contributed by atoms with Crippen molar-refractivity contribution in [2.75, 3.05) is 6.61 Å². The Morgan fingerprint density at radius 1 is 1.24 bits per heavy atom. The Balaban J connectivity index is 1.78. The summed E-state index contributed by atoms with van der Waals surface area (Å²) in [5, 5.41) is 18.6. The number of ether oxygens (including phenoxy) is 2. The lowest BCUT2D eigenvalue weighted by Gasteiger charge is -2.13. The quantitative estimate of drug-likeness (QED) is 0.713. The summed E-state index contributed by atoms with van der Waals surface area (Å²) in [6, 6.07) is 9.51. The highest BCUT2D eigenvalue weighted by Crippen LogP contribution is 2.16. The van der Waals surface area contributed by atoms with Crippen LogP contribution in [-0.2, 0) is 20.9 Å². The Morgan fingerprint density at radius 2 is 1.94 bits per heavy atom. The fraction of sp³-hybridized carbons (Fsp3) is 0.417. The van der Waals surface area contributed by atoms with Gasteiger partial charge in [-0.05, 0) is 5.56 Å². The maximum Gasteiger partial charge on any atom is 0.338 e. The Morgan fingerprint density at radius 3 is 2.53 bits per heavy atom. The molecule has 0 bridgehead atoms. The predicted octanol–water partition coefficient (Wildman–Crippen LogP) is -0.150. The van der Waals surface area contributed by atoms with Crippen LogP contribution in [0.2, 0.25) is 0 Å². The average Bonchev–Trinajstić information content (AvgIpc) is 2.59. The van der Waals surface area contributed by atoms with E-state index in [4.69, 9.17) is 9.47 Å². The van der Waals surface area contributed by atoms with Gasteiger partial charge in [0.2, 0.25) is 0 Å². The first-order valence-corrected chi connectivity index (χ1v) is 5.37. The van der Waals surface area contributed by atoms with E-state index < -0.39 is 24.3 Å². The summed E-state index contributed by atoms with van der Waals surface area (Å²) in [7, 11) is 0. The number of hydrogen-bond acceptors (Lipinski definition) is 5. The van der Waals surface area contributed by atoms with E-state index in [1.165, 1.54) is 0 Å². The second kappa shape index (κ2) is 5.27. The van der Waals surface area contributed by atoms with Gasteiger partial charge in [-0.1, -0.05) is 30.3 Å². The van der Waals surface area contributed by atoms with E-state index in [9.17, 15) is 15.0 Å². The molecule has 1 aromatic carbocycles. The van der Waals surface area contributed by atoms with E-state index >= 15 is 0 Å². The zero-order valence-corrected chi connectivity index (χ0v) is 9.15. The number of carbonyl (C=O) groups excluding carboxylic acids is 1. The summed E-state index contributed by atoms with van der Waals surface area (Å²) < 4.78 is 10.1. The lowest BCUT2D eigenvalue weighted by atomic mass is 10.1. The first-order chi connectivity index (χ1) is 8.18. The summed E-state index contributed by atoms with van der Waals surface area (Å²) >= 11 is 0. The van der Waals surface area contributed by atoms with Gasteiger partial charge in [-0.25, -0.2) is 4.79 Å². The van der Waals surface area contributed by atoms with Gasteiger partial charge in [-0.15, -0.1) is 0 Å². The third-order valence-electron chi connectivity index (χ3n) is 2.61. The number of carbonyl (C=O) groups is 1. The number of rotatable bonds is 4. The Kier molecular flexibility index (Phi) is 3.73. The highest BCUT2D eigenvalue weighted by Gasteiger charge is 2.42. The maximum atomic E-state index is 10.9. The Labute approximate surface area is 98.6 Å². The molecule has 0 saturated carbocycles. The Bertz CT molecular complexity index is 378. The molecular weight excluding hydrogens is 224 g/mol. The third-order valence-corrected chi connectivity index (χ3v) is 2.61. The molecule has 1 heterocycles. The molecule has 1 aliphatic heterocycles. The summed E-state index contributed by atoms with van der Waals surface area (Å²) in [5.41, 5.74) is 0.992. The maximum absolute atomic E-state index is 10.9. The van der Waals surface area contributed by atoms with Crippen molar-refractivity contribution in [1.29, 1.82) is 0 Å². The number of hydrogen-bond donors (Lipinski definition) is 2. The minimum Gasteiger partial charge on any atom is -0.455 e. The first kappa shape index (κ1) is 12.0. The summed E-state index contributed by atoms with van der Waals surface area (Å²) in [6.07, 6.45) is -3.46. The van der Waals surface area contributed by atoms with Gasteiger partial charge < -0.3 is 19.7 Å². The van der Waals surface area contributed by atoms with Gasteiger partial charge in [0.15, 0.2) is 12.2 Å². The minimum atomic E-state index is -1.46. The molecule has 1 aliphatic rings. The zero-order chi connectivity index (χ0) is 12.3. The predicted molar refractivity (Wildman–Crippen MR) is 58.0 cm³/mol. The normalized spacial score (nSPS) is 28.1. The number of esters is 1. The highest BCUT2D eigenvalue weighted by molar-refractivity contribution is 5.77. The molecule has 0 spiro atoms. The van der Waals surface area contributed by atoms with Crippen LogP contribution in [-0.4, -0.2) is 41.1 Å². The molecule has 0 radical (unpaired) electrons. The number of benzene rings is 1. The highest BCUT2D eigenvalue weighted by atomic mass is 16.6. The molecule has 3 unspecified atom stereocenters. The van der Waals surface area contributed by atoms with E-state index in [-0.39, 0.29) is 6.61 Å². The second-order valence-corrected chi connectivity index (χ2v) is 3.91. The molecule has 1 fully saturated rings. The summed E-state index contributed by atoms with van der Waals surface area (Å²) in [5.74, 6) is -0.800. The molecule has 5 heteroatoms. The van der Waals surface area contributed by atoms with Gasteiger partial charge in [-0.2, -0.15) is 0 Å².